The lowest BCUT2D eigenvalue weighted by molar-refractivity contribution is -0.121. The second-order valence-corrected chi connectivity index (χ2v) is 6.12. The number of amides is 1. The monoisotopic (exact) mass is 255 g/mol. The Kier molecular flexibility index (Phi) is 7.78. The van der Waals surface area contributed by atoms with E-state index in [4.69, 9.17) is 11.6 Å². The molecule has 0 aliphatic heterocycles. The highest BCUT2D eigenvalue weighted by molar-refractivity contribution is 7.90. The minimum Gasteiger partial charge on any atom is -0.356 e. The SMILES string of the molecule is CS(=O)(=O)CCCNC(=O)CCCCCl. The zero-order valence-corrected chi connectivity index (χ0v) is 10.5. The van der Waals surface area contributed by atoms with Gasteiger partial charge in [-0.3, -0.25) is 4.79 Å². The molecule has 6 heteroatoms. The number of carbonyl (C=O) groups is 1. The number of carbonyl (C=O) groups excluding carboxylic acids is 1. The normalized spacial score (nSPS) is 11.3. The first-order valence-electron chi connectivity index (χ1n) is 4.96. The Morgan fingerprint density at radius 1 is 1.27 bits per heavy atom. The summed E-state index contributed by atoms with van der Waals surface area (Å²) >= 11 is 5.46. The molecule has 0 heterocycles. The second kappa shape index (κ2) is 7.93. The smallest absolute Gasteiger partial charge is 0.219 e. The highest BCUT2D eigenvalue weighted by Crippen LogP contribution is 1.97. The molecule has 0 aromatic heterocycles. The van der Waals surface area contributed by atoms with E-state index < -0.39 is 9.84 Å². The summed E-state index contributed by atoms with van der Waals surface area (Å²) in [6.45, 7) is 0.423. The largest absolute Gasteiger partial charge is 0.356 e. The Bertz CT molecular complexity index is 277. The number of hydrogen-bond acceptors (Lipinski definition) is 3. The van der Waals surface area contributed by atoms with Crippen molar-refractivity contribution in [3.8, 4) is 0 Å². The van der Waals surface area contributed by atoms with Crippen molar-refractivity contribution in [1.82, 2.24) is 5.32 Å². The number of nitrogens with one attached hydrogen (secondary N) is 1. The quantitative estimate of drug-likeness (QED) is 0.519. The van der Waals surface area contributed by atoms with Gasteiger partial charge in [0.05, 0.1) is 5.75 Å². The summed E-state index contributed by atoms with van der Waals surface area (Å²) in [5, 5.41) is 2.67. The third-order valence-electron chi connectivity index (χ3n) is 1.80. The first-order chi connectivity index (χ1) is 6.95. The lowest BCUT2D eigenvalue weighted by atomic mass is 10.2. The summed E-state index contributed by atoms with van der Waals surface area (Å²) in [7, 11) is -2.91. The standard InChI is InChI=1S/C9H18ClNO3S/c1-15(13,14)8-4-7-11-9(12)5-2-3-6-10/h2-8H2,1H3,(H,11,12). The molecule has 0 aromatic rings. The topological polar surface area (TPSA) is 63.2 Å². The van der Waals surface area contributed by atoms with Crippen LogP contribution in [0, 0.1) is 0 Å². The van der Waals surface area contributed by atoms with Gasteiger partial charge in [-0.1, -0.05) is 0 Å². The van der Waals surface area contributed by atoms with Crippen LogP contribution in [0.1, 0.15) is 25.7 Å². The van der Waals surface area contributed by atoms with E-state index in [1.807, 2.05) is 0 Å². The van der Waals surface area contributed by atoms with Crippen molar-refractivity contribution in [2.75, 3.05) is 24.4 Å². The molecule has 0 aromatic carbocycles. The molecule has 0 unspecified atom stereocenters. The average Bonchev–Trinajstić information content (AvgIpc) is 2.11. The van der Waals surface area contributed by atoms with Crippen LogP contribution in [0.2, 0.25) is 0 Å². The predicted octanol–water partition coefficient (Wildman–Crippen LogP) is 0.946. The molecule has 0 bridgehead atoms. The van der Waals surface area contributed by atoms with Gasteiger partial charge in [-0.05, 0) is 19.3 Å². The van der Waals surface area contributed by atoms with E-state index in [2.05, 4.69) is 5.32 Å². The molecular weight excluding hydrogens is 238 g/mol. The molecule has 0 aliphatic rings. The highest BCUT2D eigenvalue weighted by atomic mass is 35.5. The predicted molar refractivity (Wildman–Crippen MR) is 61.9 cm³/mol. The maximum atomic E-state index is 11.1. The lowest BCUT2D eigenvalue weighted by Crippen LogP contribution is -2.25. The fourth-order valence-electron chi connectivity index (χ4n) is 1.03. The third kappa shape index (κ3) is 11.6. The van der Waals surface area contributed by atoms with Gasteiger partial charge in [0, 0.05) is 25.1 Å². The summed E-state index contributed by atoms with van der Waals surface area (Å²) in [4.78, 5) is 11.1. The Morgan fingerprint density at radius 3 is 2.47 bits per heavy atom. The zero-order chi connectivity index (χ0) is 11.7. The van der Waals surface area contributed by atoms with E-state index in [0.29, 0.717) is 25.3 Å². The third-order valence-corrected chi connectivity index (χ3v) is 3.10. The van der Waals surface area contributed by atoms with E-state index in [1.165, 1.54) is 6.26 Å². The van der Waals surface area contributed by atoms with Gasteiger partial charge in [0.1, 0.15) is 9.84 Å². The van der Waals surface area contributed by atoms with Crippen LogP contribution in [0.15, 0.2) is 0 Å². The number of alkyl halides is 1. The summed E-state index contributed by atoms with van der Waals surface area (Å²) < 4.78 is 21.5. The fraction of sp³-hybridized carbons (Fsp3) is 0.889. The minimum absolute atomic E-state index is 0.0337. The van der Waals surface area contributed by atoms with Crippen LogP contribution in [0.3, 0.4) is 0 Å². The van der Waals surface area contributed by atoms with Gasteiger partial charge in [0.25, 0.3) is 0 Å². The Balaban J connectivity index is 3.39. The Hall–Kier alpha value is -0.290. The number of halogens is 1. The maximum absolute atomic E-state index is 11.1. The van der Waals surface area contributed by atoms with Crippen molar-refractivity contribution >= 4 is 27.3 Å². The van der Waals surface area contributed by atoms with Crippen molar-refractivity contribution in [3.63, 3.8) is 0 Å². The molecule has 15 heavy (non-hydrogen) atoms. The molecule has 1 amide bonds. The van der Waals surface area contributed by atoms with E-state index in [9.17, 15) is 13.2 Å². The minimum atomic E-state index is -2.91. The van der Waals surface area contributed by atoms with Gasteiger partial charge in [-0.25, -0.2) is 8.42 Å². The number of sulfone groups is 1. The van der Waals surface area contributed by atoms with Crippen molar-refractivity contribution < 1.29 is 13.2 Å². The van der Waals surface area contributed by atoms with Crippen LogP contribution < -0.4 is 5.32 Å². The molecule has 1 N–H and O–H groups in total. The van der Waals surface area contributed by atoms with Crippen LogP contribution in [0.25, 0.3) is 0 Å². The number of unbranched alkanes of at least 4 members (excludes halogenated alkanes) is 1. The van der Waals surface area contributed by atoms with E-state index in [1.54, 1.807) is 0 Å². The maximum Gasteiger partial charge on any atom is 0.219 e. The molecule has 90 valence electrons. The van der Waals surface area contributed by atoms with Crippen LogP contribution in [-0.4, -0.2) is 38.8 Å². The second-order valence-electron chi connectivity index (χ2n) is 3.48. The number of rotatable bonds is 8. The van der Waals surface area contributed by atoms with Gasteiger partial charge in [-0.2, -0.15) is 0 Å². The molecule has 0 aliphatic carbocycles. The molecule has 0 radical (unpaired) electrons. The van der Waals surface area contributed by atoms with E-state index >= 15 is 0 Å². The summed E-state index contributed by atoms with van der Waals surface area (Å²) in [5.41, 5.74) is 0. The van der Waals surface area contributed by atoms with Crippen molar-refractivity contribution in [2.24, 2.45) is 0 Å². The summed E-state index contributed by atoms with van der Waals surface area (Å²) in [6, 6.07) is 0. The average molecular weight is 256 g/mol. The molecule has 0 atom stereocenters. The fourth-order valence-corrected chi connectivity index (χ4v) is 1.89. The van der Waals surface area contributed by atoms with Gasteiger partial charge in [0.15, 0.2) is 0 Å². The van der Waals surface area contributed by atoms with Crippen LogP contribution >= 0.6 is 11.6 Å². The first kappa shape index (κ1) is 14.7. The van der Waals surface area contributed by atoms with Crippen molar-refractivity contribution in [2.45, 2.75) is 25.7 Å². The van der Waals surface area contributed by atoms with Crippen LogP contribution in [0.5, 0.6) is 0 Å². The van der Waals surface area contributed by atoms with E-state index in [-0.39, 0.29) is 11.7 Å². The lowest BCUT2D eigenvalue weighted by Gasteiger charge is -2.03. The van der Waals surface area contributed by atoms with Crippen LogP contribution in [0.4, 0.5) is 0 Å². The number of hydrogen-bond donors (Lipinski definition) is 1. The molecule has 0 spiro atoms. The van der Waals surface area contributed by atoms with Gasteiger partial charge >= 0.3 is 0 Å². The van der Waals surface area contributed by atoms with Gasteiger partial charge in [-0.15, -0.1) is 11.6 Å². The van der Waals surface area contributed by atoms with Crippen molar-refractivity contribution in [1.29, 1.82) is 0 Å². The van der Waals surface area contributed by atoms with Crippen LogP contribution in [-0.2, 0) is 14.6 Å². The molecule has 0 rings (SSSR count). The Labute approximate surface area is 96.3 Å². The highest BCUT2D eigenvalue weighted by Gasteiger charge is 2.03. The Morgan fingerprint density at radius 2 is 1.93 bits per heavy atom. The first-order valence-corrected chi connectivity index (χ1v) is 7.55. The molecular formula is C9H18ClNO3S. The summed E-state index contributed by atoms with van der Waals surface area (Å²) in [5.74, 6) is 0.657. The van der Waals surface area contributed by atoms with Crippen molar-refractivity contribution in [3.05, 3.63) is 0 Å². The molecule has 0 saturated carbocycles. The summed E-state index contributed by atoms with van der Waals surface area (Å²) in [6.07, 6.45) is 3.74. The van der Waals surface area contributed by atoms with E-state index in [0.717, 1.165) is 12.8 Å². The zero-order valence-electron chi connectivity index (χ0n) is 8.96. The van der Waals surface area contributed by atoms with Gasteiger partial charge < -0.3 is 5.32 Å². The molecule has 0 saturated heterocycles. The van der Waals surface area contributed by atoms with Gasteiger partial charge in [0.2, 0.25) is 5.91 Å². The molecule has 0 fully saturated rings. The molecule has 4 nitrogen and oxygen atoms in total.